The number of likely N-dealkylation sites (tertiary alicyclic amines) is 1. The predicted octanol–water partition coefficient (Wildman–Crippen LogP) is 4.66. The summed E-state index contributed by atoms with van der Waals surface area (Å²) in [7, 11) is 0. The van der Waals surface area contributed by atoms with Crippen LogP contribution in [0.15, 0.2) is 6.07 Å². The van der Waals surface area contributed by atoms with Gasteiger partial charge in [0.2, 0.25) is 6.93 Å². The predicted molar refractivity (Wildman–Crippen MR) is 96.6 cm³/mol. The molecule has 28 heavy (non-hydrogen) atoms. The minimum Gasteiger partial charge on any atom is -0.386 e. The first-order chi connectivity index (χ1) is 13.2. The molecule has 2 aliphatic rings. The number of rotatable bonds is 1. The number of halogens is 5. The van der Waals surface area contributed by atoms with E-state index in [1.807, 2.05) is 26.8 Å². The lowest BCUT2D eigenvalue weighted by molar-refractivity contribution is -0.192. The van der Waals surface area contributed by atoms with Crippen molar-refractivity contribution in [1.29, 1.82) is 0 Å². The fraction of sp³-hybridized carbons (Fsp3) is 0.722. The van der Waals surface area contributed by atoms with Gasteiger partial charge in [-0.25, -0.2) is 8.78 Å². The molecule has 1 N–H and O–H groups in total. The Bertz CT molecular complexity index is 627. The number of fused-ring (bicyclic) bond motifs is 2. The first-order valence-electron chi connectivity index (χ1n) is 9.11. The molecule has 1 atom stereocenters. The van der Waals surface area contributed by atoms with Crippen LogP contribution in [0.4, 0.5) is 22.0 Å². The van der Waals surface area contributed by atoms with Crippen LogP contribution in [-0.4, -0.2) is 48.7 Å². The number of thiophene rings is 1. The third-order valence-electron chi connectivity index (χ3n) is 4.55. The fourth-order valence-corrected chi connectivity index (χ4v) is 4.61. The molecule has 1 amide bonds. The van der Waals surface area contributed by atoms with E-state index in [9.17, 15) is 31.9 Å². The van der Waals surface area contributed by atoms with E-state index in [1.165, 1.54) is 0 Å². The molecule has 1 aromatic heterocycles. The number of carbonyl (C=O) groups is 1. The normalized spacial score (nSPS) is 20.5. The van der Waals surface area contributed by atoms with Crippen LogP contribution in [0.3, 0.4) is 0 Å². The zero-order valence-electron chi connectivity index (χ0n) is 16.1. The minimum absolute atomic E-state index is 0.00718. The molecule has 2 aliphatic heterocycles. The molecule has 0 radical (unpaired) electrons. The largest absolute Gasteiger partial charge is 0.471 e. The summed E-state index contributed by atoms with van der Waals surface area (Å²) in [6.07, 6.45) is -4.06. The first kappa shape index (κ1) is 24.8. The van der Waals surface area contributed by atoms with E-state index in [4.69, 9.17) is 4.74 Å². The molecule has 3 heterocycles. The van der Waals surface area contributed by atoms with Crippen LogP contribution in [0, 0.1) is 0 Å². The van der Waals surface area contributed by atoms with Gasteiger partial charge in [-0.05, 0) is 30.9 Å². The van der Waals surface area contributed by atoms with Gasteiger partial charge in [0.25, 0.3) is 0 Å². The summed E-state index contributed by atoms with van der Waals surface area (Å²) in [5, 5.41) is 10.1. The molecule has 0 aliphatic carbocycles. The Balaban J connectivity index is 0.000000717. The van der Waals surface area contributed by atoms with Gasteiger partial charge in [-0.2, -0.15) is 13.2 Å². The van der Waals surface area contributed by atoms with Crippen molar-refractivity contribution in [2.24, 2.45) is 0 Å². The number of ether oxygens (including phenoxy) is 1. The summed E-state index contributed by atoms with van der Waals surface area (Å²) in [6.45, 7) is 4.42. The molecular weight excluding hydrogens is 405 g/mol. The highest BCUT2D eigenvalue weighted by Gasteiger charge is 2.49. The summed E-state index contributed by atoms with van der Waals surface area (Å²) < 4.78 is 62.8. The number of amides is 1. The smallest absolute Gasteiger partial charge is 0.386 e. The average molecular weight is 431 g/mol. The average Bonchev–Trinajstić information content (AvgIpc) is 3.13. The summed E-state index contributed by atoms with van der Waals surface area (Å²) in [4.78, 5) is 14.2. The van der Waals surface area contributed by atoms with Gasteiger partial charge in [-0.15, -0.1) is 11.3 Å². The Morgan fingerprint density at radius 2 is 1.86 bits per heavy atom. The van der Waals surface area contributed by atoms with E-state index >= 15 is 0 Å². The van der Waals surface area contributed by atoms with Crippen LogP contribution in [0.5, 0.6) is 0 Å². The number of aliphatic hydroxyl groups excluding tert-OH is 1. The molecule has 1 unspecified atom stereocenters. The van der Waals surface area contributed by atoms with Gasteiger partial charge in [0.15, 0.2) is 0 Å². The highest BCUT2D eigenvalue weighted by molar-refractivity contribution is 7.12. The molecular formula is C18H26F5NO3S. The first-order valence-corrected chi connectivity index (χ1v) is 9.93. The van der Waals surface area contributed by atoms with E-state index < -0.39 is 30.7 Å². The zero-order valence-corrected chi connectivity index (χ0v) is 16.9. The Morgan fingerprint density at radius 3 is 2.32 bits per heavy atom. The molecule has 0 aromatic carbocycles. The number of nitrogens with zero attached hydrogens (tertiary/aromatic N) is 1. The number of alkyl halides is 5. The van der Waals surface area contributed by atoms with Crippen molar-refractivity contribution >= 4 is 17.2 Å². The molecule has 3 rings (SSSR count). The molecule has 1 saturated heterocycles. The number of aliphatic hydroxyl groups is 1. The molecule has 162 valence electrons. The molecule has 1 spiro atoms. The van der Waals surface area contributed by atoms with Crippen molar-refractivity contribution in [3.8, 4) is 0 Å². The van der Waals surface area contributed by atoms with Crippen molar-refractivity contribution in [3.05, 3.63) is 21.4 Å². The van der Waals surface area contributed by atoms with Gasteiger partial charge >= 0.3 is 12.1 Å². The lowest BCUT2D eigenvalue weighted by atomic mass is 9.84. The Kier molecular flexibility index (Phi) is 9.29. The van der Waals surface area contributed by atoms with Crippen molar-refractivity contribution in [3.63, 3.8) is 0 Å². The van der Waals surface area contributed by atoms with Crippen LogP contribution in [0.25, 0.3) is 0 Å². The molecule has 0 bridgehead atoms. The van der Waals surface area contributed by atoms with E-state index in [0.29, 0.717) is 12.8 Å². The van der Waals surface area contributed by atoms with Crippen LogP contribution in [0.1, 0.15) is 55.0 Å². The van der Waals surface area contributed by atoms with E-state index in [2.05, 4.69) is 0 Å². The van der Waals surface area contributed by atoms with Gasteiger partial charge in [0.05, 0.1) is 6.61 Å². The van der Waals surface area contributed by atoms with Crippen molar-refractivity contribution in [2.75, 3.05) is 26.6 Å². The van der Waals surface area contributed by atoms with Gasteiger partial charge in [0, 0.05) is 22.8 Å². The molecule has 4 nitrogen and oxygen atoms in total. The van der Waals surface area contributed by atoms with Gasteiger partial charge in [-0.3, -0.25) is 4.79 Å². The zero-order chi connectivity index (χ0) is 21.5. The second-order valence-electron chi connectivity index (χ2n) is 6.06. The van der Waals surface area contributed by atoms with Crippen molar-refractivity contribution in [2.45, 2.75) is 57.9 Å². The number of aryl methyl sites for hydroxylation is 1. The molecule has 1 fully saturated rings. The van der Waals surface area contributed by atoms with Gasteiger partial charge in [-0.1, -0.05) is 20.8 Å². The SMILES string of the molecule is CC.CCc1cc2c(s1)C1(CCN(C(=O)C(F)(F)F)CC1)OCC2O.FCF. The number of piperidine rings is 1. The Morgan fingerprint density at radius 1 is 1.32 bits per heavy atom. The lowest BCUT2D eigenvalue weighted by Gasteiger charge is -2.44. The summed E-state index contributed by atoms with van der Waals surface area (Å²) >= 11 is 1.55. The van der Waals surface area contributed by atoms with Gasteiger partial charge < -0.3 is 14.7 Å². The van der Waals surface area contributed by atoms with E-state index in [0.717, 1.165) is 26.6 Å². The third-order valence-corrected chi connectivity index (χ3v) is 6.03. The third kappa shape index (κ3) is 5.42. The summed E-state index contributed by atoms with van der Waals surface area (Å²) in [5.41, 5.74) is 0.156. The van der Waals surface area contributed by atoms with Crippen LogP contribution in [0.2, 0.25) is 0 Å². The highest BCUT2D eigenvalue weighted by Crippen LogP contribution is 2.48. The maximum atomic E-state index is 12.6. The Hall–Kier alpha value is -1.26. The van der Waals surface area contributed by atoms with Crippen LogP contribution >= 0.6 is 11.3 Å². The van der Waals surface area contributed by atoms with Crippen LogP contribution in [-0.2, 0) is 21.6 Å². The van der Waals surface area contributed by atoms with Gasteiger partial charge in [0.1, 0.15) is 11.7 Å². The summed E-state index contributed by atoms with van der Waals surface area (Å²) in [5.74, 6) is -1.79. The minimum atomic E-state index is -4.84. The van der Waals surface area contributed by atoms with Crippen molar-refractivity contribution < 1.29 is 36.6 Å². The van der Waals surface area contributed by atoms with Crippen LogP contribution < -0.4 is 0 Å². The van der Waals surface area contributed by atoms with Crippen molar-refractivity contribution in [1.82, 2.24) is 4.90 Å². The summed E-state index contributed by atoms with van der Waals surface area (Å²) in [6, 6.07) is 1.96. The number of carbonyl (C=O) groups excluding carboxylic acids is 1. The monoisotopic (exact) mass is 431 g/mol. The quantitative estimate of drug-likeness (QED) is 0.658. The maximum Gasteiger partial charge on any atom is 0.471 e. The Labute approximate surface area is 165 Å². The molecule has 10 heteroatoms. The number of hydrogen-bond donors (Lipinski definition) is 1. The molecule has 0 saturated carbocycles. The number of hydrogen-bond acceptors (Lipinski definition) is 4. The lowest BCUT2D eigenvalue weighted by Crippen LogP contribution is -2.51. The standard InChI is InChI=1S/C15H18F3NO3S.C2H6.CH2F2/c1-2-9-7-10-11(20)8-22-14(12(10)23-9)3-5-19(6-4-14)13(21)15(16,17)18;1-2;2-1-3/h7,11,20H,2-6,8H2,1H3;1-2H3;1H2. The molecule has 1 aromatic rings. The second kappa shape index (κ2) is 10.5. The fourth-order valence-electron chi connectivity index (χ4n) is 3.25. The second-order valence-corrected chi connectivity index (χ2v) is 7.20. The van der Waals surface area contributed by atoms with E-state index in [-0.39, 0.29) is 19.7 Å². The maximum absolute atomic E-state index is 12.6. The van der Waals surface area contributed by atoms with E-state index in [1.54, 1.807) is 11.3 Å². The topological polar surface area (TPSA) is 49.8 Å². The highest BCUT2D eigenvalue weighted by atomic mass is 32.1.